The molecule has 2 N–H and O–H groups in total. The summed E-state index contributed by atoms with van der Waals surface area (Å²) in [6, 6.07) is 3.77. The van der Waals surface area contributed by atoms with Crippen molar-refractivity contribution < 1.29 is 5.11 Å². The number of fused-ring (bicyclic) bond motifs is 1. The van der Waals surface area contributed by atoms with Crippen molar-refractivity contribution in [3.05, 3.63) is 46.0 Å². The highest BCUT2D eigenvalue weighted by Gasteiger charge is 2.26. The van der Waals surface area contributed by atoms with Crippen molar-refractivity contribution in [1.82, 2.24) is 24.1 Å². The molecule has 0 bridgehead atoms. The van der Waals surface area contributed by atoms with Gasteiger partial charge in [-0.2, -0.15) is 19.6 Å². The van der Waals surface area contributed by atoms with Crippen LogP contribution in [0.3, 0.4) is 0 Å². The summed E-state index contributed by atoms with van der Waals surface area (Å²) in [6.07, 6.45) is 8.41. The van der Waals surface area contributed by atoms with Crippen molar-refractivity contribution in [2.24, 2.45) is 7.05 Å². The minimum Gasteiger partial charge on any atom is -0.396 e. The van der Waals surface area contributed by atoms with Gasteiger partial charge in [-0.05, 0) is 43.7 Å². The van der Waals surface area contributed by atoms with Crippen molar-refractivity contribution in [1.29, 1.82) is 0 Å². The molecule has 1 fully saturated rings. The van der Waals surface area contributed by atoms with Gasteiger partial charge < -0.3 is 19.9 Å². The first-order valence-electron chi connectivity index (χ1n) is 10.6. The van der Waals surface area contributed by atoms with E-state index in [0.29, 0.717) is 24.9 Å². The van der Waals surface area contributed by atoms with Crippen LogP contribution in [0.5, 0.6) is 0 Å². The number of piperidine rings is 1. The number of aromatic nitrogens is 5. The van der Waals surface area contributed by atoms with Gasteiger partial charge in [0.15, 0.2) is 5.65 Å². The lowest BCUT2D eigenvalue weighted by molar-refractivity contribution is 0.261. The van der Waals surface area contributed by atoms with Crippen molar-refractivity contribution in [2.45, 2.75) is 51.6 Å². The average Bonchev–Trinajstić information content (AvgIpc) is 3.18. The quantitative estimate of drug-likeness (QED) is 0.611. The molecular weight excluding hydrogens is 382 g/mol. The second kappa shape index (κ2) is 8.83. The molecular formula is C21H29N7O2. The largest absolute Gasteiger partial charge is 0.396 e. The van der Waals surface area contributed by atoms with E-state index < -0.39 is 0 Å². The van der Waals surface area contributed by atoms with Crippen molar-refractivity contribution in [2.75, 3.05) is 23.4 Å². The third kappa shape index (κ3) is 4.02. The third-order valence-corrected chi connectivity index (χ3v) is 5.78. The molecule has 160 valence electrons. The molecule has 1 atom stereocenters. The summed E-state index contributed by atoms with van der Waals surface area (Å²) in [7, 11) is 1.73. The molecule has 0 aromatic carbocycles. The van der Waals surface area contributed by atoms with Gasteiger partial charge in [0, 0.05) is 50.6 Å². The summed E-state index contributed by atoms with van der Waals surface area (Å²) in [6.45, 7) is 3.58. The summed E-state index contributed by atoms with van der Waals surface area (Å²) in [5.41, 5.74) is 2.69. The fraction of sp³-hybridized carbons (Fsp3) is 0.524. The van der Waals surface area contributed by atoms with Gasteiger partial charge in [0.2, 0.25) is 11.9 Å². The maximum atomic E-state index is 11.9. The van der Waals surface area contributed by atoms with E-state index in [1.165, 1.54) is 0 Å². The zero-order valence-electron chi connectivity index (χ0n) is 17.6. The molecule has 9 nitrogen and oxygen atoms in total. The third-order valence-electron chi connectivity index (χ3n) is 5.78. The molecule has 0 unspecified atom stereocenters. The molecule has 0 radical (unpaired) electrons. The Morgan fingerprint density at radius 2 is 2.17 bits per heavy atom. The van der Waals surface area contributed by atoms with E-state index in [2.05, 4.69) is 22.2 Å². The summed E-state index contributed by atoms with van der Waals surface area (Å²) >= 11 is 0. The van der Waals surface area contributed by atoms with Gasteiger partial charge in [-0.25, -0.2) is 0 Å². The Hall–Kier alpha value is -2.94. The zero-order chi connectivity index (χ0) is 21.1. The number of aliphatic hydroxyl groups is 1. The number of rotatable bonds is 7. The second-order valence-electron chi connectivity index (χ2n) is 7.80. The number of aliphatic hydroxyl groups excluding tert-OH is 1. The Morgan fingerprint density at radius 1 is 1.30 bits per heavy atom. The molecule has 1 saturated heterocycles. The molecule has 4 rings (SSSR count). The molecule has 0 saturated carbocycles. The van der Waals surface area contributed by atoms with Gasteiger partial charge in [0.1, 0.15) is 0 Å². The highest BCUT2D eigenvalue weighted by molar-refractivity contribution is 5.55. The van der Waals surface area contributed by atoms with Crippen LogP contribution in [0, 0.1) is 0 Å². The van der Waals surface area contributed by atoms with E-state index >= 15 is 0 Å². The van der Waals surface area contributed by atoms with E-state index in [1.54, 1.807) is 28.4 Å². The smallest absolute Gasteiger partial charge is 0.250 e. The van der Waals surface area contributed by atoms with Crippen LogP contribution in [0.2, 0.25) is 0 Å². The van der Waals surface area contributed by atoms with Crippen LogP contribution in [0.4, 0.5) is 11.9 Å². The topological polar surface area (TPSA) is 101 Å². The van der Waals surface area contributed by atoms with Crippen molar-refractivity contribution >= 4 is 17.5 Å². The van der Waals surface area contributed by atoms with Gasteiger partial charge >= 0.3 is 0 Å². The summed E-state index contributed by atoms with van der Waals surface area (Å²) < 4.78 is 3.28. The first kappa shape index (κ1) is 20.3. The molecule has 0 spiro atoms. The Labute approximate surface area is 175 Å². The number of nitrogens with one attached hydrogen (secondary N) is 1. The Morgan fingerprint density at radius 3 is 2.93 bits per heavy atom. The lowest BCUT2D eigenvalue weighted by atomic mass is 10.0. The average molecular weight is 412 g/mol. The predicted octanol–water partition coefficient (Wildman–Crippen LogP) is 1.74. The first-order chi connectivity index (χ1) is 14.6. The van der Waals surface area contributed by atoms with Crippen molar-refractivity contribution in [3.63, 3.8) is 0 Å². The van der Waals surface area contributed by atoms with Crippen LogP contribution in [-0.4, -0.2) is 48.4 Å². The molecule has 0 amide bonds. The highest BCUT2D eigenvalue weighted by Crippen LogP contribution is 2.26. The van der Waals surface area contributed by atoms with Crippen LogP contribution in [0.1, 0.15) is 43.7 Å². The van der Waals surface area contributed by atoms with Gasteiger partial charge in [0.05, 0.1) is 6.20 Å². The summed E-state index contributed by atoms with van der Waals surface area (Å²) in [4.78, 5) is 23.8. The molecule has 3 aromatic rings. The molecule has 0 aliphatic carbocycles. The van der Waals surface area contributed by atoms with Gasteiger partial charge in [-0.3, -0.25) is 4.79 Å². The van der Waals surface area contributed by atoms with E-state index in [4.69, 9.17) is 9.97 Å². The van der Waals surface area contributed by atoms with E-state index in [-0.39, 0.29) is 18.2 Å². The normalized spacial score (nSPS) is 16.9. The maximum Gasteiger partial charge on any atom is 0.250 e. The van der Waals surface area contributed by atoms with Crippen LogP contribution >= 0.6 is 0 Å². The number of anilines is 2. The Balaban J connectivity index is 1.69. The Kier molecular flexibility index (Phi) is 5.98. The molecule has 1 aliphatic heterocycles. The molecule has 1 aliphatic rings. The standard InChI is InChI=1S/C21H29N7O2/c1-3-16-14-23-28-19(16)24-21(27-9-5-4-6-17(27)8-11-29)25-20(28)22-13-15-7-10-26(2)18(30)12-15/h7,10,12,14,17,29H,3-6,8-9,11,13H2,1-2H3,(H,22,24,25)/t17-/m0/s1. The highest BCUT2D eigenvalue weighted by atomic mass is 16.3. The fourth-order valence-corrected chi connectivity index (χ4v) is 4.00. The number of nitrogens with zero attached hydrogens (tertiary/aromatic N) is 6. The van der Waals surface area contributed by atoms with Gasteiger partial charge in [-0.15, -0.1) is 0 Å². The molecule has 30 heavy (non-hydrogen) atoms. The lowest BCUT2D eigenvalue weighted by Crippen LogP contribution is -2.41. The van der Waals surface area contributed by atoms with Crippen LogP contribution in [0.15, 0.2) is 29.3 Å². The molecule has 4 heterocycles. The van der Waals surface area contributed by atoms with Gasteiger partial charge in [0.25, 0.3) is 5.56 Å². The summed E-state index contributed by atoms with van der Waals surface area (Å²) in [5.74, 6) is 1.27. The van der Waals surface area contributed by atoms with Crippen molar-refractivity contribution in [3.8, 4) is 0 Å². The van der Waals surface area contributed by atoms with E-state index in [9.17, 15) is 9.90 Å². The minimum absolute atomic E-state index is 0.0460. The first-order valence-corrected chi connectivity index (χ1v) is 10.6. The predicted molar refractivity (Wildman–Crippen MR) is 116 cm³/mol. The second-order valence-corrected chi connectivity index (χ2v) is 7.80. The number of hydrogen-bond acceptors (Lipinski definition) is 7. The number of aryl methyl sites for hydroxylation is 2. The fourth-order valence-electron chi connectivity index (χ4n) is 4.00. The minimum atomic E-state index is -0.0460. The summed E-state index contributed by atoms with van der Waals surface area (Å²) in [5, 5.41) is 17.3. The molecule has 9 heteroatoms. The monoisotopic (exact) mass is 411 g/mol. The van der Waals surface area contributed by atoms with Crippen LogP contribution in [0.25, 0.3) is 5.65 Å². The SMILES string of the molecule is CCc1cnn2c(NCc3ccn(C)c(=O)c3)nc(N3CCCC[C@H]3CCO)nc12. The zero-order valence-corrected chi connectivity index (χ0v) is 17.6. The Bertz CT molecular complexity index is 1070. The maximum absolute atomic E-state index is 11.9. The number of pyridine rings is 1. The van der Waals surface area contributed by atoms with E-state index in [0.717, 1.165) is 49.0 Å². The van der Waals surface area contributed by atoms with Gasteiger partial charge in [-0.1, -0.05) is 6.92 Å². The number of hydrogen-bond donors (Lipinski definition) is 2. The van der Waals surface area contributed by atoms with Crippen LogP contribution in [-0.2, 0) is 20.0 Å². The molecule has 3 aromatic heterocycles. The van der Waals surface area contributed by atoms with Crippen LogP contribution < -0.4 is 15.8 Å². The van der Waals surface area contributed by atoms with E-state index in [1.807, 2.05) is 12.3 Å². The lowest BCUT2D eigenvalue weighted by Gasteiger charge is -2.35.